The zero-order valence-corrected chi connectivity index (χ0v) is 14.3. The normalized spacial score (nSPS) is 10.8. The summed E-state index contributed by atoms with van der Waals surface area (Å²) in [4.78, 5) is 24.1. The quantitative estimate of drug-likeness (QED) is 0.760. The number of nitrogens with zero attached hydrogens (tertiary/aromatic N) is 1. The van der Waals surface area contributed by atoms with Crippen LogP contribution in [0.25, 0.3) is 10.9 Å². The number of hydrogen-bond acceptors (Lipinski definition) is 3. The van der Waals surface area contributed by atoms with Crippen molar-refractivity contribution in [1.82, 2.24) is 4.57 Å². The van der Waals surface area contributed by atoms with Crippen LogP contribution in [0, 0.1) is 0 Å². The largest absolute Gasteiger partial charge is 0.497 e. The van der Waals surface area contributed by atoms with Crippen LogP contribution in [0.1, 0.15) is 11.1 Å². The summed E-state index contributed by atoms with van der Waals surface area (Å²) < 4.78 is 6.76. The van der Waals surface area contributed by atoms with E-state index in [0.29, 0.717) is 33.7 Å². The van der Waals surface area contributed by atoms with E-state index in [1.54, 1.807) is 41.1 Å². The number of carboxylic acid groups (broad SMARTS) is 1. The lowest BCUT2D eigenvalue weighted by molar-refractivity contribution is -0.137. The van der Waals surface area contributed by atoms with Gasteiger partial charge in [-0.25, -0.2) is 0 Å². The van der Waals surface area contributed by atoms with Crippen molar-refractivity contribution in [2.75, 3.05) is 7.11 Å². The third kappa shape index (κ3) is 3.67. The van der Waals surface area contributed by atoms with Crippen LogP contribution in [0.3, 0.4) is 0 Å². The topological polar surface area (TPSA) is 68.5 Å². The zero-order chi connectivity index (χ0) is 18.0. The number of fused-ring (bicyclic) bond motifs is 1. The Bertz CT molecular complexity index is 993. The first-order valence-corrected chi connectivity index (χ1v) is 8.02. The summed E-state index contributed by atoms with van der Waals surface area (Å²) in [6, 6.07) is 12.3. The minimum Gasteiger partial charge on any atom is -0.497 e. The fourth-order valence-electron chi connectivity index (χ4n) is 2.79. The van der Waals surface area contributed by atoms with Crippen LogP contribution in [0.5, 0.6) is 5.75 Å². The molecule has 25 heavy (non-hydrogen) atoms. The highest BCUT2D eigenvalue weighted by atomic mass is 35.5. The molecule has 3 rings (SSSR count). The highest BCUT2D eigenvalue weighted by Gasteiger charge is 2.12. The van der Waals surface area contributed by atoms with E-state index in [2.05, 4.69) is 0 Å². The second kappa shape index (κ2) is 6.99. The van der Waals surface area contributed by atoms with Crippen LogP contribution in [0.4, 0.5) is 0 Å². The van der Waals surface area contributed by atoms with Gasteiger partial charge in [0, 0.05) is 28.6 Å². The Balaban J connectivity index is 2.16. The average Bonchev–Trinajstić information content (AvgIpc) is 2.60. The molecule has 0 bridgehead atoms. The molecule has 128 valence electrons. The Hall–Kier alpha value is -2.79. The predicted molar refractivity (Wildman–Crippen MR) is 96.7 cm³/mol. The number of benzene rings is 2. The number of rotatable bonds is 5. The SMILES string of the molecule is COc1ccc2c(c1)c(=O)c(Cc1ccc(Cl)cc1)cn2CC(=O)O. The van der Waals surface area contributed by atoms with E-state index in [4.69, 9.17) is 21.4 Å². The number of carboxylic acids is 1. The third-order valence-electron chi connectivity index (χ3n) is 3.97. The van der Waals surface area contributed by atoms with Crippen molar-refractivity contribution in [3.8, 4) is 5.75 Å². The van der Waals surface area contributed by atoms with Gasteiger partial charge < -0.3 is 14.4 Å². The molecule has 1 N–H and O–H groups in total. The zero-order valence-electron chi connectivity index (χ0n) is 13.5. The summed E-state index contributed by atoms with van der Waals surface area (Å²) in [6.07, 6.45) is 2.00. The fraction of sp³-hybridized carbons (Fsp3) is 0.158. The molecule has 0 atom stereocenters. The molecule has 3 aromatic rings. The van der Waals surface area contributed by atoms with E-state index >= 15 is 0 Å². The maximum Gasteiger partial charge on any atom is 0.323 e. The van der Waals surface area contributed by atoms with Gasteiger partial charge in [-0.1, -0.05) is 23.7 Å². The van der Waals surface area contributed by atoms with Gasteiger partial charge in [-0.05, 0) is 35.9 Å². The van der Waals surface area contributed by atoms with Crippen LogP contribution in [-0.4, -0.2) is 22.8 Å². The van der Waals surface area contributed by atoms with Gasteiger partial charge in [-0.2, -0.15) is 0 Å². The number of carbonyl (C=O) groups is 1. The lowest BCUT2D eigenvalue weighted by atomic mass is 10.0. The van der Waals surface area contributed by atoms with E-state index in [-0.39, 0.29) is 12.0 Å². The lowest BCUT2D eigenvalue weighted by Gasteiger charge is -2.13. The molecule has 0 fully saturated rings. The molecule has 0 aliphatic heterocycles. The summed E-state index contributed by atoms with van der Waals surface area (Å²) in [5.74, 6) is -0.423. The van der Waals surface area contributed by atoms with E-state index in [9.17, 15) is 9.59 Å². The van der Waals surface area contributed by atoms with Crippen molar-refractivity contribution in [3.63, 3.8) is 0 Å². The molecule has 0 aliphatic rings. The van der Waals surface area contributed by atoms with Gasteiger partial charge in [-0.15, -0.1) is 0 Å². The summed E-state index contributed by atoms with van der Waals surface area (Å²) in [7, 11) is 1.52. The lowest BCUT2D eigenvalue weighted by Crippen LogP contribution is -2.18. The number of aliphatic carboxylic acids is 1. The van der Waals surface area contributed by atoms with Crippen LogP contribution in [-0.2, 0) is 17.8 Å². The van der Waals surface area contributed by atoms with Crippen LogP contribution >= 0.6 is 11.6 Å². The molecule has 6 heteroatoms. The molecule has 0 spiro atoms. The Labute approximate surface area is 149 Å². The molecular formula is C19H16ClNO4. The first-order chi connectivity index (χ1) is 12.0. The summed E-state index contributed by atoms with van der Waals surface area (Å²) in [5.41, 5.74) is 1.87. The molecule has 0 saturated heterocycles. The highest BCUT2D eigenvalue weighted by Crippen LogP contribution is 2.20. The van der Waals surface area contributed by atoms with Gasteiger partial charge in [0.05, 0.1) is 12.6 Å². The fourth-order valence-corrected chi connectivity index (χ4v) is 2.91. The van der Waals surface area contributed by atoms with Crippen molar-refractivity contribution in [3.05, 3.63) is 75.0 Å². The second-order valence-corrected chi connectivity index (χ2v) is 6.13. The first kappa shape index (κ1) is 17.0. The molecule has 0 saturated carbocycles. The Kier molecular flexibility index (Phi) is 4.76. The molecule has 1 aromatic heterocycles. The Morgan fingerprint density at radius 1 is 1.20 bits per heavy atom. The van der Waals surface area contributed by atoms with Gasteiger partial charge in [-0.3, -0.25) is 9.59 Å². The molecule has 1 heterocycles. The molecule has 2 aromatic carbocycles. The Morgan fingerprint density at radius 3 is 2.56 bits per heavy atom. The number of hydrogen-bond donors (Lipinski definition) is 1. The van der Waals surface area contributed by atoms with Crippen molar-refractivity contribution in [2.24, 2.45) is 0 Å². The van der Waals surface area contributed by atoms with Crippen molar-refractivity contribution >= 4 is 28.5 Å². The summed E-state index contributed by atoms with van der Waals surface area (Å²) in [6.45, 7) is -0.225. The minimum absolute atomic E-state index is 0.134. The van der Waals surface area contributed by atoms with Crippen LogP contribution in [0.2, 0.25) is 5.02 Å². The van der Waals surface area contributed by atoms with E-state index in [1.807, 2.05) is 12.1 Å². The Morgan fingerprint density at radius 2 is 1.92 bits per heavy atom. The standard InChI is InChI=1S/C19H16ClNO4/c1-25-15-6-7-17-16(9-15)19(24)13(10-21(17)11-18(22)23)8-12-2-4-14(20)5-3-12/h2-7,9-10H,8,11H2,1H3,(H,22,23). The van der Waals surface area contributed by atoms with E-state index < -0.39 is 5.97 Å². The maximum absolute atomic E-state index is 12.9. The molecule has 5 nitrogen and oxygen atoms in total. The maximum atomic E-state index is 12.9. The molecule has 0 amide bonds. The molecule has 0 radical (unpaired) electrons. The third-order valence-corrected chi connectivity index (χ3v) is 4.23. The van der Waals surface area contributed by atoms with Crippen molar-refractivity contribution in [2.45, 2.75) is 13.0 Å². The molecule has 0 unspecified atom stereocenters. The van der Waals surface area contributed by atoms with Gasteiger partial charge in [0.1, 0.15) is 12.3 Å². The number of ether oxygens (including phenoxy) is 1. The minimum atomic E-state index is -0.974. The number of methoxy groups -OCH3 is 1. The predicted octanol–water partition coefficient (Wildman–Crippen LogP) is 3.34. The number of aromatic nitrogens is 1. The molecular weight excluding hydrogens is 342 g/mol. The van der Waals surface area contributed by atoms with Gasteiger partial charge in [0.2, 0.25) is 0 Å². The highest BCUT2D eigenvalue weighted by molar-refractivity contribution is 6.30. The smallest absolute Gasteiger partial charge is 0.323 e. The van der Waals surface area contributed by atoms with Crippen molar-refractivity contribution in [1.29, 1.82) is 0 Å². The van der Waals surface area contributed by atoms with Gasteiger partial charge in [0.15, 0.2) is 5.43 Å². The van der Waals surface area contributed by atoms with Gasteiger partial charge in [0.25, 0.3) is 0 Å². The summed E-state index contributed by atoms with van der Waals surface area (Å²) in [5, 5.41) is 10.2. The molecule has 0 aliphatic carbocycles. The van der Waals surface area contributed by atoms with Crippen LogP contribution < -0.4 is 10.2 Å². The monoisotopic (exact) mass is 357 g/mol. The second-order valence-electron chi connectivity index (χ2n) is 5.69. The summed E-state index contributed by atoms with van der Waals surface area (Å²) >= 11 is 5.89. The van der Waals surface area contributed by atoms with Crippen molar-refractivity contribution < 1.29 is 14.6 Å². The number of halogens is 1. The van der Waals surface area contributed by atoms with Gasteiger partial charge >= 0.3 is 5.97 Å². The first-order valence-electron chi connectivity index (χ1n) is 7.64. The van der Waals surface area contributed by atoms with Crippen LogP contribution in [0.15, 0.2) is 53.5 Å². The number of pyridine rings is 1. The van der Waals surface area contributed by atoms with E-state index in [0.717, 1.165) is 5.56 Å². The average molecular weight is 358 g/mol. The van der Waals surface area contributed by atoms with E-state index in [1.165, 1.54) is 7.11 Å².